The fraction of sp³-hybridized carbons (Fsp3) is 0.182. The zero-order chi connectivity index (χ0) is 10.1. The Morgan fingerprint density at radius 3 is 2.79 bits per heavy atom. The van der Waals surface area contributed by atoms with E-state index in [-0.39, 0.29) is 0 Å². The van der Waals surface area contributed by atoms with Gasteiger partial charge in [-0.05, 0) is 25.1 Å². The third-order valence-corrected chi connectivity index (χ3v) is 2.14. The summed E-state index contributed by atoms with van der Waals surface area (Å²) in [6, 6.07) is 7.54. The Hall–Kier alpha value is -1.77. The largest absolute Gasteiger partial charge is 0.496 e. The number of hydrogen-bond acceptors (Lipinski definition) is 3. The predicted molar refractivity (Wildman–Crippen MR) is 57.4 cm³/mol. The molecule has 0 saturated heterocycles. The second-order valence-corrected chi connectivity index (χ2v) is 3.24. The molecule has 0 spiro atoms. The van der Waals surface area contributed by atoms with Crippen LogP contribution in [0, 0.1) is 6.92 Å². The summed E-state index contributed by atoms with van der Waals surface area (Å²) in [6.45, 7) is 1.94. The number of nitrogen functional groups attached to an aromatic ring is 1. The third-order valence-electron chi connectivity index (χ3n) is 2.14. The van der Waals surface area contributed by atoms with E-state index < -0.39 is 0 Å². The summed E-state index contributed by atoms with van der Waals surface area (Å²) in [5.41, 5.74) is 8.21. The lowest BCUT2D eigenvalue weighted by Crippen LogP contribution is -1.91. The zero-order valence-corrected chi connectivity index (χ0v) is 8.24. The minimum absolute atomic E-state index is 0.720. The Bertz CT molecular complexity index is 475. The zero-order valence-electron chi connectivity index (χ0n) is 8.24. The highest BCUT2D eigenvalue weighted by molar-refractivity contribution is 5.87. The summed E-state index contributed by atoms with van der Waals surface area (Å²) in [5.74, 6) is 0.840. The van der Waals surface area contributed by atoms with Gasteiger partial charge in [0, 0.05) is 22.8 Å². The SMILES string of the molecule is COc1cc(C)nc2cc(N)ccc12. The van der Waals surface area contributed by atoms with E-state index >= 15 is 0 Å². The Balaban J connectivity index is 2.81. The van der Waals surface area contributed by atoms with Crippen LogP contribution >= 0.6 is 0 Å². The van der Waals surface area contributed by atoms with E-state index in [0.717, 1.165) is 28.0 Å². The number of benzene rings is 1. The predicted octanol–water partition coefficient (Wildman–Crippen LogP) is 2.13. The van der Waals surface area contributed by atoms with Crippen molar-refractivity contribution in [2.45, 2.75) is 6.92 Å². The van der Waals surface area contributed by atoms with Gasteiger partial charge in [-0.15, -0.1) is 0 Å². The quantitative estimate of drug-likeness (QED) is 0.697. The molecule has 2 rings (SSSR count). The smallest absolute Gasteiger partial charge is 0.130 e. The first-order chi connectivity index (χ1) is 6.70. The van der Waals surface area contributed by atoms with Gasteiger partial charge >= 0.3 is 0 Å². The van der Waals surface area contributed by atoms with Crippen molar-refractivity contribution in [1.82, 2.24) is 4.98 Å². The topological polar surface area (TPSA) is 48.1 Å². The highest BCUT2D eigenvalue weighted by atomic mass is 16.5. The van der Waals surface area contributed by atoms with Gasteiger partial charge in [0.15, 0.2) is 0 Å². The molecule has 0 aliphatic rings. The highest BCUT2D eigenvalue weighted by Gasteiger charge is 2.03. The van der Waals surface area contributed by atoms with Crippen LogP contribution in [0.25, 0.3) is 10.9 Å². The average Bonchev–Trinajstić information content (AvgIpc) is 2.15. The van der Waals surface area contributed by atoms with Crippen LogP contribution in [0.2, 0.25) is 0 Å². The monoisotopic (exact) mass is 188 g/mol. The lowest BCUT2D eigenvalue weighted by atomic mass is 10.1. The number of rotatable bonds is 1. The molecule has 0 atom stereocenters. The Labute approximate surface area is 82.5 Å². The lowest BCUT2D eigenvalue weighted by Gasteiger charge is -2.06. The van der Waals surface area contributed by atoms with Crippen molar-refractivity contribution >= 4 is 16.6 Å². The molecule has 0 aliphatic carbocycles. The minimum Gasteiger partial charge on any atom is -0.496 e. The molecule has 0 unspecified atom stereocenters. The van der Waals surface area contributed by atoms with Crippen molar-refractivity contribution < 1.29 is 4.74 Å². The van der Waals surface area contributed by atoms with Gasteiger partial charge in [-0.2, -0.15) is 0 Å². The Morgan fingerprint density at radius 2 is 2.07 bits per heavy atom. The van der Waals surface area contributed by atoms with Gasteiger partial charge < -0.3 is 10.5 Å². The van der Waals surface area contributed by atoms with Gasteiger partial charge in [-0.3, -0.25) is 4.98 Å². The molecular weight excluding hydrogens is 176 g/mol. The lowest BCUT2D eigenvalue weighted by molar-refractivity contribution is 0.419. The molecule has 14 heavy (non-hydrogen) atoms. The first-order valence-corrected chi connectivity index (χ1v) is 4.41. The molecule has 0 fully saturated rings. The molecule has 0 radical (unpaired) electrons. The number of methoxy groups -OCH3 is 1. The number of aryl methyl sites for hydroxylation is 1. The van der Waals surface area contributed by atoms with E-state index in [2.05, 4.69) is 4.98 Å². The molecule has 0 amide bonds. The number of nitrogens with zero attached hydrogens (tertiary/aromatic N) is 1. The van der Waals surface area contributed by atoms with Gasteiger partial charge in [0.05, 0.1) is 12.6 Å². The fourth-order valence-electron chi connectivity index (χ4n) is 1.51. The molecule has 3 heteroatoms. The number of ether oxygens (including phenoxy) is 1. The van der Waals surface area contributed by atoms with Crippen LogP contribution < -0.4 is 10.5 Å². The Kier molecular flexibility index (Phi) is 2.00. The number of anilines is 1. The van der Waals surface area contributed by atoms with Crippen LogP contribution in [0.4, 0.5) is 5.69 Å². The standard InChI is InChI=1S/C11H12N2O/c1-7-5-11(14-2)9-4-3-8(12)6-10(9)13-7/h3-6H,12H2,1-2H3. The van der Waals surface area contributed by atoms with E-state index in [1.807, 2.05) is 31.2 Å². The molecule has 2 aromatic rings. The van der Waals surface area contributed by atoms with Crippen molar-refractivity contribution in [1.29, 1.82) is 0 Å². The number of fused-ring (bicyclic) bond motifs is 1. The van der Waals surface area contributed by atoms with E-state index in [9.17, 15) is 0 Å². The Morgan fingerprint density at radius 1 is 1.29 bits per heavy atom. The van der Waals surface area contributed by atoms with E-state index in [1.165, 1.54) is 0 Å². The van der Waals surface area contributed by atoms with Crippen molar-refractivity contribution in [3.8, 4) is 5.75 Å². The van der Waals surface area contributed by atoms with Crippen molar-refractivity contribution in [2.75, 3.05) is 12.8 Å². The first-order valence-electron chi connectivity index (χ1n) is 4.41. The maximum absolute atomic E-state index is 5.68. The molecule has 0 aliphatic heterocycles. The summed E-state index contributed by atoms with van der Waals surface area (Å²) in [6.07, 6.45) is 0. The fourth-order valence-corrected chi connectivity index (χ4v) is 1.51. The van der Waals surface area contributed by atoms with Crippen LogP contribution in [0.1, 0.15) is 5.69 Å². The molecule has 2 N–H and O–H groups in total. The number of pyridine rings is 1. The van der Waals surface area contributed by atoms with Gasteiger partial charge in [0.1, 0.15) is 5.75 Å². The van der Waals surface area contributed by atoms with Crippen LogP contribution in [-0.4, -0.2) is 12.1 Å². The molecule has 1 heterocycles. The highest BCUT2D eigenvalue weighted by Crippen LogP contribution is 2.26. The summed E-state index contributed by atoms with van der Waals surface area (Å²) < 4.78 is 5.27. The van der Waals surface area contributed by atoms with Gasteiger partial charge in [-0.25, -0.2) is 0 Å². The molecule has 1 aromatic carbocycles. The van der Waals surface area contributed by atoms with E-state index in [0.29, 0.717) is 0 Å². The molecule has 72 valence electrons. The second kappa shape index (κ2) is 3.18. The molecule has 1 aromatic heterocycles. The third kappa shape index (κ3) is 1.37. The number of aromatic nitrogens is 1. The summed E-state index contributed by atoms with van der Waals surface area (Å²) >= 11 is 0. The molecular formula is C11H12N2O. The van der Waals surface area contributed by atoms with E-state index in [1.54, 1.807) is 7.11 Å². The summed E-state index contributed by atoms with van der Waals surface area (Å²) in [5, 5.41) is 0.993. The number of nitrogens with two attached hydrogens (primary N) is 1. The van der Waals surface area contributed by atoms with Crippen molar-refractivity contribution in [3.05, 3.63) is 30.0 Å². The van der Waals surface area contributed by atoms with Crippen LogP contribution in [-0.2, 0) is 0 Å². The van der Waals surface area contributed by atoms with Gasteiger partial charge in [0.25, 0.3) is 0 Å². The summed E-state index contributed by atoms with van der Waals surface area (Å²) in [4.78, 5) is 4.39. The molecule has 0 saturated carbocycles. The van der Waals surface area contributed by atoms with Crippen molar-refractivity contribution in [3.63, 3.8) is 0 Å². The second-order valence-electron chi connectivity index (χ2n) is 3.24. The number of hydrogen-bond donors (Lipinski definition) is 1. The van der Waals surface area contributed by atoms with Crippen LogP contribution in [0.5, 0.6) is 5.75 Å². The normalized spacial score (nSPS) is 10.4. The maximum atomic E-state index is 5.68. The average molecular weight is 188 g/mol. The minimum atomic E-state index is 0.720. The van der Waals surface area contributed by atoms with Gasteiger partial charge in [-0.1, -0.05) is 0 Å². The first kappa shape index (κ1) is 8.81. The summed E-state index contributed by atoms with van der Waals surface area (Å²) in [7, 11) is 1.66. The van der Waals surface area contributed by atoms with Crippen molar-refractivity contribution in [2.24, 2.45) is 0 Å². The van der Waals surface area contributed by atoms with Crippen LogP contribution in [0.3, 0.4) is 0 Å². The van der Waals surface area contributed by atoms with Crippen LogP contribution in [0.15, 0.2) is 24.3 Å². The molecule has 3 nitrogen and oxygen atoms in total. The molecule has 0 bridgehead atoms. The van der Waals surface area contributed by atoms with E-state index in [4.69, 9.17) is 10.5 Å². The van der Waals surface area contributed by atoms with Gasteiger partial charge in [0.2, 0.25) is 0 Å². The maximum Gasteiger partial charge on any atom is 0.130 e.